The normalized spacial score (nSPS) is 10.6. The monoisotopic (exact) mass is 462 g/mol. The van der Waals surface area contributed by atoms with E-state index in [-0.39, 0.29) is 5.91 Å². The van der Waals surface area contributed by atoms with Gasteiger partial charge >= 0.3 is 0 Å². The Morgan fingerprint density at radius 3 is 2.58 bits per heavy atom. The van der Waals surface area contributed by atoms with Gasteiger partial charge in [0.1, 0.15) is 5.82 Å². The number of rotatable bonds is 6. The van der Waals surface area contributed by atoms with Crippen LogP contribution in [0.3, 0.4) is 0 Å². The minimum Gasteiger partial charge on any atom is -0.367 e. The van der Waals surface area contributed by atoms with E-state index >= 15 is 0 Å². The number of nitrogens with one attached hydrogen (secondary N) is 2. The molecule has 134 valence electrons. The minimum absolute atomic E-state index is 0.0808. The second-order valence-corrected chi connectivity index (χ2v) is 6.94. The van der Waals surface area contributed by atoms with Crippen molar-refractivity contribution < 1.29 is 4.79 Å². The zero-order valence-electron chi connectivity index (χ0n) is 14.5. The highest BCUT2D eigenvalue weighted by atomic mass is 127. The maximum atomic E-state index is 12.1. The number of aromatic nitrogens is 4. The molecule has 0 radical (unpaired) electrons. The Balaban J connectivity index is 1.50. The van der Waals surface area contributed by atoms with E-state index in [4.69, 9.17) is 0 Å². The zero-order valence-corrected chi connectivity index (χ0v) is 16.7. The highest BCUT2D eigenvalue weighted by Gasteiger charge is 2.08. The quantitative estimate of drug-likeness (QED) is 0.435. The number of amides is 1. The molecule has 0 aliphatic rings. The van der Waals surface area contributed by atoms with Crippen LogP contribution in [0.1, 0.15) is 21.7 Å². The molecule has 3 aromatic rings. The van der Waals surface area contributed by atoms with E-state index in [1.807, 2.05) is 56.3 Å². The van der Waals surface area contributed by atoms with Gasteiger partial charge in [0.25, 0.3) is 5.91 Å². The summed E-state index contributed by atoms with van der Waals surface area (Å²) in [5.41, 5.74) is 2.63. The van der Waals surface area contributed by atoms with E-state index in [2.05, 4.69) is 48.5 Å². The number of carbonyl (C=O) groups is 1. The van der Waals surface area contributed by atoms with Gasteiger partial charge in [0.2, 0.25) is 0 Å². The Hall–Kier alpha value is -2.49. The van der Waals surface area contributed by atoms with E-state index in [1.165, 1.54) is 0 Å². The topological polar surface area (TPSA) is 84.7 Å². The number of hydrogen-bond donors (Lipinski definition) is 2. The summed E-state index contributed by atoms with van der Waals surface area (Å²) in [7, 11) is 0. The summed E-state index contributed by atoms with van der Waals surface area (Å²) < 4.78 is 2.69. The third-order valence-electron chi connectivity index (χ3n) is 3.71. The molecule has 1 aromatic carbocycles. The molecule has 3 rings (SSSR count). The lowest BCUT2D eigenvalue weighted by Crippen LogP contribution is -2.29. The first-order chi connectivity index (χ1) is 12.5. The second-order valence-electron chi connectivity index (χ2n) is 5.78. The molecule has 2 aromatic heterocycles. The molecule has 1 amide bonds. The molecule has 0 aliphatic heterocycles. The van der Waals surface area contributed by atoms with Gasteiger partial charge < -0.3 is 10.6 Å². The van der Waals surface area contributed by atoms with E-state index in [0.29, 0.717) is 30.3 Å². The van der Waals surface area contributed by atoms with Crippen molar-refractivity contribution in [3.8, 4) is 5.82 Å². The number of nitrogens with zero attached hydrogens (tertiary/aromatic N) is 4. The van der Waals surface area contributed by atoms with Crippen LogP contribution < -0.4 is 10.6 Å². The van der Waals surface area contributed by atoms with Crippen molar-refractivity contribution in [3.63, 3.8) is 0 Å². The van der Waals surface area contributed by atoms with Gasteiger partial charge in [-0.25, -0.2) is 4.68 Å². The fourth-order valence-corrected chi connectivity index (χ4v) is 3.13. The van der Waals surface area contributed by atoms with Crippen LogP contribution in [-0.2, 0) is 0 Å². The first-order valence-corrected chi connectivity index (χ1v) is 9.26. The van der Waals surface area contributed by atoms with Crippen LogP contribution in [0.25, 0.3) is 5.82 Å². The van der Waals surface area contributed by atoms with Crippen molar-refractivity contribution in [2.45, 2.75) is 13.8 Å². The van der Waals surface area contributed by atoms with Crippen LogP contribution in [0.4, 0.5) is 5.82 Å². The molecular weight excluding hydrogens is 443 g/mol. The summed E-state index contributed by atoms with van der Waals surface area (Å²) in [4.78, 5) is 12.1. The molecule has 0 fully saturated rings. The third-order valence-corrected chi connectivity index (χ3v) is 4.65. The molecular formula is C18H19IN6O. The van der Waals surface area contributed by atoms with Gasteiger partial charge in [0, 0.05) is 22.4 Å². The molecule has 0 spiro atoms. The van der Waals surface area contributed by atoms with Crippen molar-refractivity contribution in [1.29, 1.82) is 0 Å². The van der Waals surface area contributed by atoms with Crippen LogP contribution in [0.5, 0.6) is 0 Å². The van der Waals surface area contributed by atoms with Crippen LogP contribution in [-0.4, -0.2) is 39.0 Å². The van der Waals surface area contributed by atoms with Gasteiger partial charge in [-0.1, -0.05) is 12.1 Å². The summed E-state index contributed by atoms with van der Waals surface area (Å²) in [5.74, 6) is 1.25. The Morgan fingerprint density at radius 2 is 1.92 bits per heavy atom. The van der Waals surface area contributed by atoms with Crippen molar-refractivity contribution >= 4 is 34.3 Å². The first-order valence-electron chi connectivity index (χ1n) is 8.18. The Bertz CT molecular complexity index is 906. The lowest BCUT2D eigenvalue weighted by Gasteiger charge is -2.09. The Labute approximate surface area is 165 Å². The minimum atomic E-state index is -0.0808. The van der Waals surface area contributed by atoms with E-state index in [9.17, 15) is 4.79 Å². The van der Waals surface area contributed by atoms with Gasteiger partial charge in [-0.2, -0.15) is 5.10 Å². The average Bonchev–Trinajstić information content (AvgIpc) is 2.97. The van der Waals surface area contributed by atoms with Gasteiger partial charge in [0.05, 0.1) is 11.3 Å². The van der Waals surface area contributed by atoms with Crippen molar-refractivity contribution in [1.82, 2.24) is 25.3 Å². The molecule has 2 N–H and O–H groups in total. The fraction of sp³-hybridized carbons (Fsp3) is 0.222. The molecule has 0 unspecified atom stereocenters. The SMILES string of the molecule is Cc1cc(C)n(-c2ccc(NCCNC(=O)c3ccccc3I)nn2)n1. The number of anilines is 1. The smallest absolute Gasteiger partial charge is 0.252 e. The largest absolute Gasteiger partial charge is 0.367 e. The first kappa shape index (κ1) is 18.3. The van der Waals surface area contributed by atoms with E-state index in [0.717, 1.165) is 15.0 Å². The summed E-state index contributed by atoms with van der Waals surface area (Å²) in [6.45, 7) is 4.97. The van der Waals surface area contributed by atoms with Crippen molar-refractivity contribution in [2.24, 2.45) is 0 Å². The molecule has 0 bridgehead atoms. The molecule has 7 nitrogen and oxygen atoms in total. The standard InChI is InChI=1S/C18H19IN6O/c1-12-11-13(2)25(24-12)17-8-7-16(22-23-17)20-9-10-21-18(26)14-5-3-4-6-15(14)19/h3-8,11H,9-10H2,1-2H3,(H,20,22)(H,21,26). The molecule has 0 aliphatic carbocycles. The van der Waals surface area contributed by atoms with Crippen molar-refractivity contribution in [3.05, 3.63) is 63.0 Å². The fourth-order valence-electron chi connectivity index (χ4n) is 2.50. The van der Waals surface area contributed by atoms with Crippen LogP contribution >= 0.6 is 22.6 Å². The summed E-state index contributed by atoms with van der Waals surface area (Å²) >= 11 is 2.16. The third kappa shape index (κ3) is 4.37. The predicted octanol–water partition coefficient (Wildman–Crippen LogP) is 2.73. The maximum absolute atomic E-state index is 12.1. The zero-order chi connectivity index (χ0) is 18.5. The molecule has 2 heterocycles. The predicted molar refractivity (Wildman–Crippen MR) is 109 cm³/mol. The Morgan fingerprint density at radius 1 is 1.12 bits per heavy atom. The number of halogens is 1. The maximum Gasteiger partial charge on any atom is 0.252 e. The summed E-state index contributed by atoms with van der Waals surface area (Å²) in [6, 6.07) is 13.2. The molecule has 8 heteroatoms. The molecule has 26 heavy (non-hydrogen) atoms. The van der Waals surface area contributed by atoms with Gasteiger partial charge in [-0.3, -0.25) is 4.79 Å². The lowest BCUT2D eigenvalue weighted by atomic mass is 10.2. The molecule has 0 saturated heterocycles. The second kappa shape index (κ2) is 8.26. The van der Waals surface area contributed by atoms with Crippen molar-refractivity contribution in [2.75, 3.05) is 18.4 Å². The number of carbonyl (C=O) groups excluding carboxylic acids is 1. The van der Waals surface area contributed by atoms with Crippen LogP contribution in [0.2, 0.25) is 0 Å². The van der Waals surface area contributed by atoms with Gasteiger partial charge in [-0.05, 0) is 66.8 Å². The lowest BCUT2D eigenvalue weighted by molar-refractivity contribution is 0.0954. The Kier molecular flexibility index (Phi) is 5.82. The van der Waals surface area contributed by atoms with E-state index < -0.39 is 0 Å². The summed E-state index contributed by atoms with van der Waals surface area (Å²) in [6.07, 6.45) is 0. The van der Waals surface area contributed by atoms with Gasteiger partial charge in [-0.15, -0.1) is 10.2 Å². The highest BCUT2D eigenvalue weighted by Crippen LogP contribution is 2.11. The van der Waals surface area contributed by atoms with Crippen LogP contribution in [0.15, 0.2) is 42.5 Å². The average molecular weight is 462 g/mol. The van der Waals surface area contributed by atoms with E-state index in [1.54, 1.807) is 4.68 Å². The van der Waals surface area contributed by atoms with Gasteiger partial charge in [0.15, 0.2) is 5.82 Å². The number of aryl methyl sites for hydroxylation is 2. The number of hydrogen-bond acceptors (Lipinski definition) is 5. The molecule has 0 atom stereocenters. The highest BCUT2D eigenvalue weighted by molar-refractivity contribution is 14.1. The van der Waals surface area contributed by atoms with Crippen LogP contribution in [0, 0.1) is 17.4 Å². The number of benzene rings is 1. The molecule has 0 saturated carbocycles. The summed E-state index contributed by atoms with van der Waals surface area (Å²) in [5, 5.41) is 18.8.